The maximum atomic E-state index is 11.9. The van der Waals surface area contributed by atoms with Gasteiger partial charge in [-0.3, -0.25) is 15.1 Å². The van der Waals surface area contributed by atoms with Crippen molar-refractivity contribution in [2.75, 3.05) is 26.7 Å². The number of carbonyl (C=O) groups is 1. The Kier molecular flexibility index (Phi) is 5.65. The summed E-state index contributed by atoms with van der Waals surface area (Å²) in [5, 5.41) is 26.7. The van der Waals surface area contributed by atoms with Crippen LogP contribution in [0.15, 0.2) is 24.4 Å². The Labute approximate surface area is 151 Å². The number of aliphatic hydroxyl groups is 1. The molecule has 1 fully saturated rings. The highest BCUT2D eigenvalue weighted by Crippen LogP contribution is 2.25. The lowest BCUT2D eigenvalue weighted by molar-refractivity contribution is -0.145. The monoisotopic (exact) mass is 360 g/mol. The number of ether oxygens (including phenoxy) is 1. The van der Waals surface area contributed by atoms with E-state index < -0.39 is 17.6 Å². The molecule has 8 nitrogen and oxygen atoms in total. The first-order valence-corrected chi connectivity index (χ1v) is 8.72. The van der Waals surface area contributed by atoms with Gasteiger partial charge < -0.3 is 20.3 Å². The van der Waals surface area contributed by atoms with E-state index in [1.54, 1.807) is 24.4 Å². The topological polar surface area (TPSA) is 117 Å². The van der Waals surface area contributed by atoms with Gasteiger partial charge >= 0.3 is 5.97 Å². The third-order valence-electron chi connectivity index (χ3n) is 4.89. The Morgan fingerprint density at radius 1 is 1.38 bits per heavy atom. The number of carboxylic acid groups (broad SMARTS) is 1. The summed E-state index contributed by atoms with van der Waals surface area (Å²) >= 11 is 0. The second-order valence-electron chi connectivity index (χ2n) is 6.51. The molecule has 2 atom stereocenters. The largest absolute Gasteiger partial charge is 0.481 e. The maximum absolute atomic E-state index is 11.9. The third-order valence-corrected chi connectivity index (χ3v) is 4.89. The molecule has 3 heterocycles. The second kappa shape index (κ2) is 7.94. The van der Waals surface area contributed by atoms with Gasteiger partial charge in [-0.1, -0.05) is 0 Å². The fraction of sp³-hybridized carbons (Fsp3) is 0.500. The molecule has 2 unspecified atom stereocenters. The van der Waals surface area contributed by atoms with Crippen molar-refractivity contribution < 1.29 is 19.7 Å². The summed E-state index contributed by atoms with van der Waals surface area (Å²) in [6, 6.07) is 5.19. The number of hydrogen-bond donors (Lipinski definition) is 4. The van der Waals surface area contributed by atoms with Gasteiger partial charge in [-0.2, -0.15) is 0 Å². The van der Waals surface area contributed by atoms with E-state index in [0.717, 1.165) is 13.0 Å². The third kappa shape index (κ3) is 3.77. The van der Waals surface area contributed by atoms with Crippen LogP contribution in [0.1, 0.15) is 30.9 Å². The molecule has 1 aliphatic heterocycles. The van der Waals surface area contributed by atoms with E-state index in [9.17, 15) is 15.0 Å². The number of methoxy groups -OCH3 is 1. The molecule has 0 amide bonds. The van der Waals surface area contributed by atoms with Crippen LogP contribution in [0.25, 0.3) is 11.0 Å². The van der Waals surface area contributed by atoms with Crippen molar-refractivity contribution in [2.45, 2.75) is 30.9 Å². The summed E-state index contributed by atoms with van der Waals surface area (Å²) in [4.78, 5) is 20.5. The molecule has 4 N–H and O–H groups in total. The molecule has 26 heavy (non-hydrogen) atoms. The van der Waals surface area contributed by atoms with Crippen LogP contribution >= 0.6 is 0 Å². The number of fused-ring (bicyclic) bond motifs is 1. The Morgan fingerprint density at radius 2 is 2.23 bits per heavy atom. The van der Waals surface area contributed by atoms with Crippen LogP contribution in [-0.4, -0.2) is 58.4 Å². The second-order valence-corrected chi connectivity index (χ2v) is 6.51. The summed E-state index contributed by atoms with van der Waals surface area (Å²) < 4.78 is 5.15. The standard InChI is InChI=1S/C18H24N4O4/c1-26-15-4-3-13-16(22-15)12(5-9-20-13)14(23)11-21-18(17(24)25)6-2-8-19-10-7-18/h3-5,9,14,19,21,23H,2,6-8,10-11H2,1H3,(H,24,25). The number of β-amino-alcohol motifs (C(OH)–C–C–N with tert-alkyl or cyclic N) is 1. The van der Waals surface area contributed by atoms with Gasteiger partial charge in [-0.15, -0.1) is 0 Å². The predicted molar refractivity (Wildman–Crippen MR) is 96.1 cm³/mol. The lowest BCUT2D eigenvalue weighted by atomic mass is 9.90. The number of hydrogen-bond acceptors (Lipinski definition) is 7. The molecule has 8 heteroatoms. The molecule has 0 bridgehead atoms. The maximum Gasteiger partial charge on any atom is 0.323 e. The van der Waals surface area contributed by atoms with Crippen molar-refractivity contribution in [1.29, 1.82) is 0 Å². The molecular formula is C18H24N4O4. The summed E-state index contributed by atoms with van der Waals surface area (Å²) in [6.07, 6.45) is 2.46. The minimum atomic E-state index is -1.03. The summed E-state index contributed by atoms with van der Waals surface area (Å²) in [5.74, 6) is -0.448. The van der Waals surface area contributed by atoms with Crippen molar-refractivity contribution in [3.05, 3.63) is 30.0 Å². The SMILES string of the molecule is COc1ccc2nccc(C(O)CNC3(C(=O)O)CCCNCC3)c2n1. The molecule has 0 aliphatic carbocycles. The normalized spacial score (nSPS) is 21.9. The highest BCUT2D eigenvalue weighted by atomic mass is 16.5. The predicted octanol–water partition coefficient (Wildman–Crippen LogP) is 0.858. The molecule has 3 rings (SSSR count). The number of aliphatic hydroxyl groups excluding tert-OH is 1. The van der Waals surface area contributed by atoms with Crippen LogP contribution in [0.5, 0.6) is 5.88 Å². The first-order chi connectivity index (χ1) is 12.6. The van der Waals surface area contributed by atoms with Crippen molar-refractivity contribution in [1.82, 2.24) is 20.6 Å². The molecule has 1 saturated heterocycles. The number of carboxylic acids is 1. The molecule has 0 aromatic carbocycles. The average molecular weight is 360 g/mol. The van der Waals surface area contributed by atoms with E-state index in [-0.39, 0.29) is 6.54 Å². The molecule has 0 spiro atoms. The summed E-state index contributed by atoms with van der Waals surface area (Å²) in [5.41, 5.74) is 0.758. The molecule has 0 radical (unpaired) electrons. The van der Waals surface area contributed by atoms with Crippen molar-refractivity contribution in [2.24, 2.45) is 0 Å². The van der Waals surface area contributed by atoms with E-state index in [4.69, 9.17) is 4.74 Å². The van der Waals surface area contributed by atoms with Gasteiger partial charge in [0.25, 0.3) is 0 Å². The van der Waals surface area contributed by atoms with Crippen LogP contribution < -0.4 is 15.4 Å². The minimum Gasteiger partial charge on any atom is -0.481 e. The van der Waals surface area contributed by atoms with Crippen LogP contribution in [0.2, 0.25) is 0 Å². The van der Waals surface area contributed by atoms with Crippen LogP contribution in [0.3, 0.4) is 0 Å². The Hall–Kier alpha value is -2.29. The minimum absolute atomic E-state index is 0.115. The molecular weight excluding hydrogens is 336 g/mol. The first kappa shape index (κ1) is 18.5. The van der Waals surface area contributed by atoms with Crippen molar-refractivity contribution in [3.8, 4) is 5.88 Å². The van der Waals surface area contributed by atoms with Gasteiger partial charge in [0.15, 0.2) is 0 Å². The number of rotatable bonds is 6. The van der Waals surface area contributed by atoms with Gasteiger partial charge in [-0.25, -0.2) is 4.98 Å². The molecule has 140 valence electrons. The van der Waals surface area contributed by atoms with E-state index in [1.165, 1.54) is 7.11 Å². The first-order valence-electron chi connectivity index (χ1n) is 8.72. The average Bonchev–Trinajstić information content (AvgIpc) is 2.92. The highest BCUT2D eigenvalue weighted by molar-refractivity contribution is 5.79. The molecule has 1 aliphatic rings. The van der Waals surface area contributed by atoms with E-state index >= 15 is 0 Å². The van der Waals surface area contributed by atoms with Gasteiger partial charge in [-0.05, 0) is 44.5 Å². The number of nitrogens with one attached hydrogen (secondary N) is 2. The zero-order chi connectivity index (χ0) is 18.6. The number of pyridine rings is 2. The van der Waals surface area contributed by atoms with E-state index in [0.29, 0.717) is 41.9 Å². The van der Waals surface area contributed by atoms with Gasteiger partial charge in [0.2, 0.25) is 5.88 Å². The van der Waals surface area contributed by atoms with Crippen molar-refractivity contribution >= 4 is 17.0 Å². The number of nitrogens with zero attached hydrogens (tertiary/aromatic N) is 2. The van der Waals surface area contributed by atoms with Crippen LogP contribution in [0, 0.1) is 0 Å². The summed E-state index contributed by atoms with van der Waals surface area (Å²) in [6.45, 7) is 1.55. The highest BCUT2D eigenvalue weighted by Gasteiger charge is 2.38. The Balaban J connectivity index is 1.82. The zero-order valence-corrected chi connectivity index (χ0v) is 14.7. The van der Waals surface area contributed by atoms with Crippen LogP contribution in [0.4, 0.5) is 0 Å². The summed E-state index contributed by atoms with van der Waals surface area (Å²) in [7, 11) is 1.53. The molecule has 2 aromatic rings. The smallest absolute Gasteiger partial charge is 0.323 e. The number of aromatic nitrogens is 2. The zero-order valence-electron chi connectivity index (χ0n) is 14.7. The lowest BCUT2D eigenvalue weighted by Crippen LogP contribution is -2.53. The van der Waals surface area contributed by atoms with Crippen LogP contribution in [-0.2, 0) is 4.79 Å². The van der Waals surface area contributed by atoms with Gasteiger partial charge in [0, 0.05) is 24.4 Å². The fourth-order valence-electron chi connectivity index (χ4n) is 3.35. The van der Waals surface area contributed by atoms with Gasteiger partial charge in [0.05, 0.1) is 24.2 Å². The quantitative estimate of drug-likeness (QED) is 0.599. The Bertz CT molecular complexity index is 775. The van der Waals surface area contributed by atoms with E-state index in [2.05, 4.69) is 20.6 Å². The molecule has 0 saturated carbocycles. The number of aliphatic carboxylic acids is 1. The molecule has 2 aromatic heterocycles. The fourth-order valence-corrected chi connectivity index (χ4v) is 3.35. The van der Waals surface area contributed by atoms with Gasteiger partial charge in [0.1, 0.15) is 5.54 Å². The van der Waals surface area contributed by atoms with Crippen molar-refractivity contribution in [3.63, 3.8) is 0 Å². The Morgan fingerprint density at radius 3 is 3.00 bits per heavy atom. The van der Waals surface area contributed by atoms with E-state index in [1.807, 2.05) is 0 Å². The lowest BCUT2D eigenvalue weighted by Gasteiger charge is -2.30.